The number of nitrogens with one attached hydrogen (secondary N) is 1. The monoisotopic (exact) mass is 442 g/mol. The molecule has 29 heavy (non-hydrogen) atoms. The molecule has 0 aliphatic carbocycles. The first-order valence-electron chi connectivity index (χ1n) is 8.84. The van der Waals surface area contributed by atoms with Gasteiger partial charge in [0, 0.05) is 27.1 Å². The first kappa shape index (κ1) is 19.6. The Morgan fingerprint density at radius 1 is 1.10 bits per heavy atom. The number of halogens is 2. The van der Waals surface area contributed by atoms with Crippen LogP contribution >= 0.6 is 34.5 Å². The number of nitrogens with zero attached hydrogens (tertiary/aromatic N) is 3. The molecule has 0 spiro atoms. The van der Waals surface area contributed by atoms with Gasteiger partial charge in [0.05, 0.1) is 24.9 Å². The molecule has 4 aromatic rings. The van der Waals surface area contributed by atoms with Gasteiger partial charge >= 0.3 is 0 Å². The number of carbonyl (C=O) groups excluding carboxylic acids is 1. The lowest BCUT2D eigenvalue weighted by molar-refractivity contribution is -0.115. The average molecular weight is 443 g/mol. The van der Waals surface area contributed by atoms with Crippen molar-refractivity contribution >= 4 is 46.3 Å². The first-order valence-corrected chi connectivity index (χ1v) is 10.5. The van der Waals surface area contributed by atoms with Crippen molar-refractivity contribution in [2.75, 3.05) is 5.32 Å². The maximum Gasteiger partial charge on any atom is 0.231 e. The molecular weight excluding hydrogens is 427 g/mol. The van der Waals surface area contributed by atoms with Crippen molar-refractivity contribution in [2.24, 2.45) is 0 Å². The Balaban J connectivity index is 1.42. The molecule has 0 bridgehead atoms. The Hall–Kier alpha value is -2.67. The van der Waals surface area contributed by atoms with Crippen molar-refractivity contribution in [3.05, 3.63) is 87.5 Å². The number of hydrogen-bond acceptors (Lipinski definition) is 4. The van der Waals surface area contributed by atoms with Crippen LogP contribution in [0, 0.1) is 0 Å². The number of carbonyl (C=O) groups is 1. The van der Waals surface area contributed by atoms with Crippen molar-refractivity contribution < 1.29 is 4.79 Å². The summed E-state index contributed by atoms with van der Waals surface area (Å²) in [6.07, 6.45) is 1.83. The number of anilines is 1. The predicted molar refractivity (Wildman–Crippen MR) is 118 cm³/mol. The summed E-state index contributed by atoms with van der Waals surface area (Å²) in [7, 11) is 0. The van der Waals surface area contributed by atoms with E-state index in [0.717, 1.165) is 21.8 Å². The van der Waals surface area contributed by atoms with Crippen LogP contribution in [0.25, 0.3) is 10.6 Å². The molecule has 0 unspecified atom stereocenters. The molecule has 0 atom stereocenters. The van der Waals surface area contributed by atoms with Gasteiger partial charge in [0.15, 0.2) is 0 Å². The number of amides is 1. The lowest BCUT2D eigenvalue weighted by Crippen LogP contribution is -2.18. The van der Waals surface area contributed by atoms with E-state index in [1.807, 2.05) is 41.8 Å². The predicted octanol–water partition coefficient (Wildman–Crippen LogP) is 5.54. The summed E-state index contributed by atoms with van der Waals surface area (Å²) in [4.78, 5) is 17.1. The maximum atomic E-state index is 12.5. The van der Waals surface area contributed by atoms with Crippen molar-refractivity contribution in [1.82, 2.24) is 14.8 Å². The summed E-state index contributed by atoms with van der Waals surface area (Å²) in [5, 5.41) is 11.1. The lowest BCUT2D eigenvalue weighted by Gasteiger charge is -2.10. The average Bonchev–Trinajstić information content (AvgIpc) is 3.34. The topological polar surface area (TPSA) is 59.8 Å². The van der Waals surface area contributed by atoms with Gasteiger partial charge in [-0.25, -0.2) is 9.67 Å². The second-order valence-electron chi connectivity index (χ2n) is 6.34. The first-order chi connectivity index (χ1) is 14.1. The summed E-state index contributed by atoms with van der Waals surface area (Å²) < 4.78 is 1.68. The number of thiazole rings is 1. The van der Waals surface area contributed by atoms with Crippen LogP contribution in [-0.4, -0.2) is 20.7 Å². The molecule has 1 amide bonds. The number of benzene rings is 2. The molecule has 2 heterocycles. The van der Waals surface area contributed by atoms with Gasteiger partial charge in [0.1, 0.15) is 10.8 Å². The fraction of sp³-hybridized carbons (Fsp3) is 0.0952. The van der Waals surface area contributed by atoms with E-state index in [2.05, 4.69) is 15.4 Å². The minimum absolute atomic E-state index is 0.154. The third-order valence-electron chi connectivity index (χ3n) is 4.23. The van der Waals surface area contributed by atoms with E-state index in [0.29, 0.717) is 22.4 Å². The molecular formula is C21H16Cl2N4OS. The van der Waals surface area contributed by atoms with Gasteiger partial charge in [-0.05, 0) is 17.7 Å². The second-order valence-corrected chi connectivity index (χ2v) is 8.05. The van der Waals surface area contributed by atoms with Crippen LogP contribution in [0.1, 0.15) is 11.3 Å². The zero-order chi connectivity index (χ0) is 20.2. The Kier molecular flexibility index (Phi) is 5.94. The third-order valence-corrected chi connectivity index (χ3v) is 5.76. The van der Waals surface area contributed by atoms with Crippen LogP contribution in [-0.2, 0) is 17.8 Å². The van der Waals surface area contributed by atoms with Crippen molar-refractivity contribution in [1.29, 1.82) is 0 Å². The SMILES string of the molecule is O=C(Cc1csc(-c2ccccc2)n1)Nc1ccnn1Cc1ccc(Cl)cc1Cl. The molecule has 146 valence electrons. The highest BCUT2D eigenvalue weighted by atomic mass is 35.5. The van der Waals surface area contributed by atoms with Crippen molar-refractivity contribution in [3.8, 4) is 10.6 Å². The van der Waals surface area contributed by atoms with Gasteiger partial charge in [0.2, 0.25) is 5.91 Å². The van der Waals surface area contributed by atoms with Crippen LogP contribution in [0.2, 0.25) is 10.0 Å². The standard InChI is InChI=1S/C21H16Cl2N4OS/c22-16-7-6-15(18(23)10-16)12-27-19(8-9-24-27)26-20(28)11-17-13-29-21(25-17)14-4-2-1-3-5-14/h1-10,13H,11-12H2,(H,26,28). The quantitative estimate of drug-likeness (QED) is 0.426. The van der Waals surface area contributed by atoms with Crippen LogP contribution in [0.3, 0.4) is 0 Å². The van der Waals surface area contributed by atoms with Crippen LogP contribution in [0.15, 0.2) is 66.2 Å². The van der Waals surface area contributed by atoms with E-state index in [9.17, 15) is 4.79 Å². The molecule has 0 aliphatic heterocycles. The highest BCUT2D eigenvalue weighted by Gasteiger charge is 2.12. The molecule has 5 nitrogen and oxygen atoms in total. The van der Waals surface area contributed by atoms with E-state index in [-0.39, 0.29) is 12.3 Å². The normalized spacial score (nSPS) is 10.8. The Morgan fingerprint density at radius 3 is 2.72 bits per heavy atom. The molecule has 2 aromatic heterocycles. The molecule has 0 aliphatic rings. The van der Waals surface area contributed by atoms with E-state index >= 15 is 0 Å². The molecule has 0 saturated carbocycles. The maximum absolute atomic E-state index is 12.5. The second kappa shape index (κ2) is 8.78. The minimum atomic E-state index is -0.154. The van der Waals surface area contributed by atoms with E-state index < -0.39 is 0 Å². The van der Waals surface area contributed by atoms with Crippen LogP contribution in [0.5, 0.6) is 0 Å². The summed E-state index contributed by atoms with van der Waals surface area (Å²) in [6, 6.07) is 17.0. The molecule has 2 aromatic carbocycles. The fourth-order valence-electron chi connectivity index (χ4n) is 2.83. The van der Waals surface area contributed by atoms with Gasteiger partial charge in [-0.3, -0.25) is 4.79 Å². The number of hydrogen-bond donors (Lipinski definition) is 1. The zero-order valence-electron chi connectivity index (χ0n) is 15.2. The largest absolute Gasteiger partial charge is 0.311 e. The molecule has 1 N–H and O–H groups in total. The minimum Gasteiger partial charge on any atom is -0.311 e. The Morgan fingerprint density at radius 2 is 1.93 bits per heavy atom. The van der Waals surface area contributed by atoms with E-state index in [1.54, 1.807) is 29.1 Å². The zero-order valence-corrected chi connectivity index (χ0v) is 17.5. The summed E-state index contributed by atoms with van der Waals surface area (Å²) >= 11 is 13.7. The van der Waals surface area contributed by atoms with Crippen LogP contribution in [0.4, 0.5) is 5.82 Å². The highest BCUT2D eigenvalue weighted by molar-refractivity contribution is 7.13. The molecule has 0 saturated heterocycles. The van der Waals surface area contributed by atoms with Gasteiger partial charge < -0.3 is 5.32 Å². The molecule has 4 rings (SSSR count). The fourth-order valence-corrected chi connectivity index (χ4v) is 4.12. The molecule has 0 fully saturated rings. The van der Waals surface area contributed by atoms with Gasteiger partial charge in [-0.2, -0.15) is 5.10 Å². The highest BCUT2D eigenvalue weighted by Crippen LogP contribution is 2.24. The number of aromatic nitrogens is 3. The van der Waals surface area contributed by atoms with Crippen molar-refractivity contribution in [3.63, 3.8) is 0 Å². The Labute approximate surface area is 181 Å². The van der Waals surface area contributed by atoms with E-state index in [4.69, 9.17) is 23.2 Å². The lowest BCUT2D eigenvalue weighted by atomic mass is 10.2. The molecule has 8 heteroatoms. The van der Waals surface area contributed by atoms with Crippen LogP contribution < -0.4 is 5.32 Å². The van der Waals surface area contributed by atoms with Crippen molar-refractivity contribution in [2.45, 2.75) is 13.0 Å². The van der Waals surface area contributed by atoms with Gasteiger partial charge in [-0.1, -0.05) is 59.6 Å². The third kappa shape index (κ3) is 4.85. The summed E-state index contributed by atoms with van der Waals surface area (Å²) in [6.45, 7) is 0.424. The van der Waals surface area contributed by atoms with E-state index in [1.165, 1.54) is 11.3 Å². The Bertz CT molecular complexity index is 1140. The smallest absolute Gasteiger partial charge is 0.231 e. The van der Waals surface area contributed by atoms with Gasteiger partial charge in [0.25, 0.3) is 0 Å². The van der Waals surface area contributed by atoms with Gasteiger partial charge in [-0.15, -0.1) is 11.3 Å². The summed E-state index contributed by atoms with van der Waals surface area (Å²) in [5.74, 6) is 0.443. The molecule has 0 radical (unpaired) electrons. The summed E-state index contributed by atoms with van der Waals surface area (Å²) in [5.41, 5.74) is 2.64. The number of rotatable bonds is 6.